The Morgan fingerprint density at radius 2 is 2.22 bits per heavy atom. The van der Waals surface area contributed by atoms with E-state index >= 15 is 0 Å². The van der Waals surface area contributed by atoms with Gasteiger partial charge in [0, 0.05) is 18.4 Å². The molecule has 0 aliphatic rings. The molecular formula is C9H9ClF3N3OS. The molecule has 0 unspecified atom stereocenters. The summed E-state index contributed by atoms with van der Waals surface area (Å²) in [5.41, 5.74) is 1.03. The topological polar surface area (TPSA) is 68.0 Å². The number of aromatic nitrogens is 1. The summed E-state index contributed by atoms with van der Waals surface area (Å²) in [7, 11) is 0. The Morgan fingerprint density at radius 3 is 2.72 bits per heavy atom. The van der Waals surface area contributed by atoms with Crippen molar-refractivity contribution in [3.05, 3.63) is 22.8 Å². The number of hydrazine groups is 1. The summed E-state index contributed by atoms with van der Waals surface area (Å²) in [6.07, 6.45) is -3.64. The fraction of sp³-hybridized carbons (Fsp3) is 0.333. The lowest BCUT2D eigenvalue weighted by Crippen LogP contribution is -2.30. The van der Waals surface area contributed by atoms with Crippen molar-refractivity contribution in [1.82, 2.24) is 10.4 Å². The molecule has 0 aromatic carbocycles. The highest BCUT2D eigenvalue weighted by atomic mass is 35.5. The van der Waals surface area contributed by atoms with Crippen LogP contribution in [0.3, 0.4) is 0 Å². The lowest BCUT2D eigenvalue weighted by atomic mass is 10.3. The molecule has 18 heavy (non-hydrogen) atoms. The van der Waals surface area contributed by atoms with Crippen LogP contribution in [0.25, 0.3) is 0 Å². The first-order chi connectivity index (χ1) is 8.34. The van der Waals surface area contributed by atoms with Crippen molar-refractivity contribution in [2.45, 2.75) is 17.6 Å². The number of alkyl halides is 3. The molecular weight excluding hydrogens is 291 g/mol. The van der Waals surface area contributed by atoms with Crippen LogP contribution in [0.1, 0.15) is 12.0 Å². The van der Waals surface area contributed by atoms with Crippen molar-refractivity contribution in [1.29, 1.82) is 0 Å². The normalized spacial score (nSPS) is 11.4. The van der Waals surface area contributed by atoms with Gasteiger partial charge in [-0.3, -0.25) is 10.2 Å². The number of thioether (sulfide) groups is 1. The number of halogens is 4. The Hall–Kier alpha value is -0.990. The lowest BCUT2D eigenvalue weighted by Gasteiger charge is -2.08. The summed E-state index contributed by atoms with van der Waals surface area (Å²) in [6.45, 7) is 0. The van der Waals surface area contributed by atoms with Gasteiger partial charge in [0.1, 0.15) is 5.03 Å². The zero-order chi connectivity index (χ0) is 13.8. The molecule has 0 spiro atoms. The smallest absolute Gasteiger partial charge is 0.294 e. The van der Waals surface area contributed by atoms with E-state index in [0.29, 0.717) is 11.9 Å². The Bertz CT molecular complexity index is 442. The SMILES string of the molecule is NNC(=O)CCSc1ncc(C(F)(F)F)cc1Cl. The second-order valence-corrected chi connectivity index (χ2v) is 4.67. The van der Waals surface area contributed by atoms with Crippen LogP contribution in [0.5, 0.6) is 0 Å². The van der Waals surface area contributed by atoms with Gasteiger partial charge in [0.25, 0.3) is 0 Å². The molecule has 0 aliphatic carbocycles. The molecule has 0 fully saturated rings. The lowest BCUT2D eigenvalue weighted by molar-refractivity contribution is -0.137. The summed E-state index contributed by atoms with van der Waals surface area (Å²) in [4.78, 5) is 14.4. The van der Waals surface area contributed by atoms with E-state index < -0.39 is 11.7 Å². The van der Waals surface area contributed by atoms with Crippen molar-refractivity contribution < 1.29 is 18.0 Å². The largest absolute Gasteiger partial charge is 0.417 e. The second kappa shape index (κ2) is 6.26. The first kappa shape index (κ1) is 15.1. The third kappa shape index (κ3) is 4.35. The average molecular weight is 300 g/mol. The van der Waals surface area contributed by atoms with Crippen LogP contribution in [0.4, 0.5) is 13.2 Å². The number of carbonyl (C=O) groups excluding carboxylic acids is 1. The number of hydrogen-bond acceptors (Lipinski definition) is 4. The fourth-order valence-electron chi connectivity index (χ4n) is 0.999. The molecule has 1 rings (SSSR count). The van der Waals surface area contributed by atoms with Crippen molar-refractivity contribution in [2.24, 2.45) is 5.84 Å². The maximum atomic E-state index is 12.3. The maximum Gasteiger partial charge on any atom is 0.417 e. The molecule has 1 aromatic heterocycles. The Morgan fingerprint density at radius 1 is 1.56 bits per heavy atom. The quantitative estimate of drug-likeness (QED) is 0.387. The number of nitrogens with zero attached hydrogens (tertiary/aromatic N) is 1. The Labute approximate surface area is 110 Å². The molecule has 9 heteroatoms. The molecule has 1 aromatic rings. The van der Waals surface area contributed by atoms with E-state index in [2.05, 4.69) is 4.98 Å². The minimum Gasteiger partial charge on any atom is -0.294 e. The highest BCUT2D eigenvalue weighted by Crippen LogP contribution is 2.33. The highest BCUT2D eigenvalue weighted by molar-refractivity contribution is 7.99. The van der Waals surface area contributed by atoms with Gasteiger partial charge < -0.3 is 0 Å². The van der Waals surface area contributed by atoms with Gasteiger partial charge in [-0.25, -0.2) is 10.8 Å². The number of hydrogen-bond donors (Lipinski definition) is 2. The van der Waals surface area contributed by atoms with Crippen LogP contribution in [-0.2, 0) is 11.0 Å². The molecule has 0 aliphatic heterocycles. The summed E-state index contributed by atoms with van der Waals surface area (Å²) in [6, 6.07) is 0.805. The van der Waals surface area contributed by atoms with Crippen LogP contribution in [0, 0.1) is 0 Å². The van der Waals surface area contributed by atoms with Crippen LogP contribution >= 0.6 is 23.4 Å². The zero-order valence-electron chi connectivity index (χ0n) is 8.92. The van der Waals surface area contributed by atoms with Crippen molar-refractivity contribution >= 4 is 29.3 Å². The molecule has 1 heterocycles. The molecule has 0 saturated carbocycles. The zero-order valence-corrected chi connectivity index (χ0v) is 10.5. The third-order valence-corrected chi connectivity index (χ3v) is 3.27. The van der Waals surface area contributed by atoms with E-state index in [0.717, 1.165) is 17.8 Å². The molecule has 0 saturated heterocycles. The van der Waals surface area contributed by atoms with E-state index in [1.54, 1.807) is 0 Å². The van der Waals surface area contributed by atoms with Crippen molar-refractivity contribution in [3.8, 4) is 0 Å². The van der Waals surface area contributed by atoms with Gasteiger partial charge in [0.2, 0.25) is 5.91 Å². The highest BCUT2D eigenvalue weighted by Gasteiger charge is 2.31. The van der Waals surface area contributed by atoms with Crippen LogP contribution < -0.4 is 11.3 Å². The summed E-state index contributed by atoms with van der Waals surface area (Å²) < 4.78 is 37.0. The van der Waals surface area contributed by atoms with E-state index in [1.165, 1.54) is 0 Å². The number of nitrogens with one attached hydrogen (secondary N) is 1. The minimum atomic E-state index is -4.47. The number of pyridine rings is 1. The monoisotopic (exact) mass is 299 g/mol. The Kier molecular flexibility index (Phi) is 5.24. The molecule has 1 amide bonds. The number of amides is 1. The van der Waals surface area contributed by atoms with Gasteiger partial charge >= 0.3 is 6.18 Å². The van der Waals surface area contributed by atoms with Crippen LogP contribution in [-0.4, -0.2) is 16.6 Å². The number of carbonyl (C=O) groups is 1. The van der Waals surface area contributed by atoms with Gasteiger partial charge in [-0.2, -0.15) is 13.2 Å². The van der Waals surface area contributed by atoms with Crippen molar-refractivity contribution in [2.75, 3.05) is 5.75 Å². The van der Waals surface area contributed by atoms with Gasteiger partial charge in [-0.15, -0.1) is 11.8 Å². The molecule has 100 valence electrons. The second-order valence-electron chi connectivity index (χ2n) is 3.17. The minimum absolute atomic E-state index is 0.0945. The summed E-state index contributed by atoms with van der Waals surface area (Å²) in [5.74, 6) is 4.82. The molecule has 3 N–H and O–H groups in total. The molecule has 0 bridgehead atoms. The van der Waals surface area contributed by atoms with E-state index in [1.807, 2.05) is 5.43 Å². The predicted molar refractivity (Wildman–Crippen MR) is 61.9 cm³/mol. The summed E-state index contributed by atoms with van der Waals surface area (Å²) >= 11 is 6.76. The number of nitrogens with two attached hydrogens (primary N) is 1. The Balaban J connectivity index is 2.66. The summed E-state index contributed by atoms with van der Waals surface area (Å²) in [5, 5.41) is 0.150. The van der Waals surface area contributed by atoms with Crippen LogP contribution in [0.15, 0.2) is 17.3 Å². The molecule has 0 radical (unpaired) electrons. The first-order valence-corrected chi connectivity index (χ1v) is 6.06. The van der Waals surface area contributed by atoms with Gasteiger partial charge in [-0.1, -0.05) is 11.6 Å². The number of rotatable bonds is 4. The molecule has 4 nitrogen and oxygen atoms in total. The fourth-order valence-corrected chi connectivity index (χ4v) is 2.13. The molecule has 0 atom stereocenters. The first-order valence-electron chi connectivity index (χ1n) is 4.69. The van der Waals surface area contributed by atoms with Gasteiger partial charge in [0.05, 0.1) is 10.6 Å². The van der Waals surface area contributed by atoms with Crippen molar-refractivity contribution in [3.63, 3.8) is 0 Å². The van der Waals surface area contributed by atoms with E-state index in [-0.39, 0.29) is 22.4 Å². The van der Waals surface area contributed by atoms with E-state index in [4.69, 9.17) is 17.4 Å². The maximum absolute atomic E-state index is 12.3. The van der Waals surface area contributed by atoms with Crippen LogP contribution in [0.2, 0.25) is 5.02 Å². The van der Waals surface area contributed by atoms with E-state index in [9.17, 15) is 18.0 Å². The van der Waals surface area contributed by atoms with Gasteiger partial charge in [-0.05, 0) is 6.07 Å². The predicted octanol–water partition coefficient (Wildman–Crippen LogP) is 2.23. The van der Waals surface area contributed by atoms with Gasteiger partial charge in [0.15, 0.2) is 0 Å². The third-order valence-electron chi connectivity index (χ3n) is 1.86. The average Bonchev–Trinajstić information content (AvgIpc) is 2.29. The standard InChI is InChI=1S/C9H9ClF3N3OS/c10-6-3-5(9(11,12)13)4-15-8(6)18-2-1-7(17)16-14/h3-4H,1-2,14H2,(H,16,17).